The van der Waals surface area contributed by atoms with Crippen LogP contribution in [0.3, 0.4) is 0 Å². The number of rotatable bonds is 3. The molecule has 0 amide bonds. The van der Waals surface area contributed by atoms with Gasteiger partial charge in [-0.2, -0.15) is 8.42 Å². The molecule has 1 rings (SSSR count). The van der Waals surface area contributed by atoms with Gasteiger partial charge in [0.15, 0.2) is 5.84 Å². The normalized spacial score (nSPS) is 25.6. The molecule has 0 aromatic carbocycles. The molecule has 0 aliphatic carbocycles. The van der Waals surface area contributed by atoms with Crippen LogP contribution in [0.1, 0.15) is 26.7 Å². The molecule has 0 saturated carbocycles. The topological polar surface area (TPSA) is 88.3 Å². The maximum atomic E-state index is 11.3. The Morgan fingerprint density at radius 2 is 2.17 bits per heavy atom. The molecule has 1 aliphatic heterocycles. The highest BCUT2D eigenvalue weighted by Gasteiger charge is 2.38. The first-order valence-corrected chi connectivity index (χ1v) is 7.12. The predicted molar refractivity (Wildman–Crippen MR) is 70.7 cm³/mol. The number of nitrogens with zero attached hydrogens (tertiary/aromatic N) is 2. The molecule has 6 nitrogen and oxygen atoms in total. The number of allylic oxidation sites excluding steroid dienone is 1. The van der Waals surface area contributed by atoms with Gasteiger partial charge in [0.05, 0.1) is 0 Å². The van der Waals surface area contributed by atoms with Gasteiger partial charge in [0.2, 0.25) is 0 Å². The number of ether oxygens (including phenoxy) is 1. The second-order valence-electron chi connectivity index (χ2n) is 4.34. The van der Waals surface area contributed by atoms with Crippen molar-refractivity contribution >= 4 is 22.7 Å². The Kier molecular flexibility index (Phi) is 5.18. The molecule has 1 heterocycles. The Bertz CT molecular complexity index is 463. The maximum Gasteiger partial charge on any atom is 0.270 e. The van der Waals surface area contributed by atoms with Crippen LogP contribution in [0.2, 0.25) is 0 Å². The molecule has 1 N–H and O–H groups in total. The minimum Gasteiger partial charge on any atom is -0.369 e. The summed E-state index contributed by atoms with van der Waals surface area (Å²) in [5.74, 6) is 0.179. The fraction of sp³-hybridized carbons (Fsp3) is 0.636. The van der Waals surface area contributed by atoms with Crippen LogP contribution in [-0.4, -0.2) is 43.5 Å². The zero-order valence-corrected chi connectivity index (χ0v) is 11.4. The van der Waals surface area contributed by atoms with E-state index < -0.39 is 21.5 Å². The molecular formula is C11H18N2O4S. The van der Waals surface area contributed by atoms with Gasteiger partial charge in [0, 0.05) is 12.8 Å². The van der Waals surface area contributed by atoms with Crippen LogP contribution >= 0.6 is 0 Å². The number of amidine groups is 1. The molecular weight excluding hydrogens is 256 g/mol. The van der Waals surface area contributed by atoms with Crippen LogP contribution in [0.15, 0.2) is 21.8 Å². The minimum absolute atomic E-state index is 0.179. The van der Waals surface area contributed by atoms with Crippen molar-refractivity contribution in [3.8, 4) is 0 Å². The highest BCUT2D eigenvalue weighted by molar-refractivity contribution is 7.86. The monoisotopic (exact) mass is 274 g/mol. The Balaban J connectivity index is 3.05. The van der Waals surface area contributed by atoms with Gasteiger partial charge >= 0.3 is 0 Å². The van der Waals surface area contributed by atoms with Crippen molar-refractivity contribution in [2.75, 3.05) is 6.61 Å². The lowest BCUT2D eigenvalue weighted by Gasteiger charge is -2.28. The molecule has 1 saturated heterocycles. The van der Waals surface area contributed by atoms with Crippen molar-refractivity contribution in [1.29, 1.82) is 0 Å². The number of hydrogen-bond acceptors (Lipinski definition) is 4. The molecule has 0 spiro atoms. The van der Waals surface area contributed by atoms with Crippen molar-refractivity contribution < 1.29 is 17.7 Å². The molecule has 1 aliphatic rings. The van der Waals surface area contributed by atoms with Crippen LogP contribution < -0.4 is 0 Å². The van der Waals surface area contributed by atoms with Crippen molar-refractivity contribution in [3.63, 3.8) is 0 Å². The van der Waals surface area contributed by atoms with E-state index in [1.54, 1.807) is 6.20 Å². The van der Waals surface area contributed by atoms with Crippen molar-refractivity contribution in [1.82, 2.24) is 0 Å². The van der Waals surface area contributed by atoms with E-state index in [-0.39, 0.29) is 5.84 Å². The quantitative estimate of drug-likeness (QED) is 0.479. The van der Waals surface area contributed by atoms with E-state index in [2.05, 4.69) is 16.7 Å². The van der Waals surface area contributed by atoms with Crippen molar-refractivity contribution in [2.24, 2.45) is 9.98 Å². The summed E-state index contributed by atoms with van der Waals surface area (Å²) in [5.41, 5.74) is 0.940. The average Bonchev–Trinajstić information content (AvgIpc) is 2.29. The average molecular weight is 274 g/mol. The lowest BCUT2D eigenvalue weighted by Crippen LogP contribution is -2.44. The second-order valence-corrected chi connectivity index (χ2v) is 5.97. The first-order chi connectivity index (χ1) is 8.36. The van der Waals surface area contributed by atoms with Gasteiger partial charge in [-0.1, -0.05) is 5.57 Å². The first-order valence-electron chi connectivity index (χ1n) is 5.62. The lowest BCUT2D eigenvalue weighted by molar-refractivity contribution is 0.0588. The van der Waals surface area contributed by atoms with Gasteiger partial charge in [-0.3, -0.25) is 4.55 Å². The maximum absolute atomic E-state index is 11.3. The number of hydrogen-bond donors (Lipinski definition) is 1. The third-order valence-electron chi connectivity index (χ3n) is 2.52. The van der Waals surface area contributed by atoms with Crippen LogP contribution in [0, 0.1) is 0 Å². The van der Waals surface area contributed by atoms with Crippen LogP contribution in [0.25, 0.3) is 0 Å². The smallest absolute Gasteiger partial charge is 0.270 e. The Morgan fingerprint density at radius 1 is 1.50 bits per heavy atom. The van der Waals surface area contributed by atoms with Crippen molar-refractivity contribution in [3.05, 3.63) is 11.8 Å². The fourth-order valence-electron chi connectivity index (χ4n) is 1.70. The fourth-order valence-corrected chi connectivity index (χ4v) is 2.68. The summed E-state index contributed by atoms with van der Waals surface area (Å²) in [6, 6.07) is 0. The number of aliphatic imine (C=N–C) groups is 2. The zero-order chi connectivity index (χ0) is 13.8. The molecule has 1 fully saturated rings. The largest absolute Gasteiger partial charge is 0.369 e. The van der Waals surface area contributed by atoms with E-state index in [4.69, 9.17) is 4.74 Å². The summed E-state index contributed by atoms with van der Waals surface area (Å²) < 4.78 is 37.2. The van der Waals surface area contributed by atoms with Crippen molar-refractivity contribution in [2.45, 2.75) is 38.0 Å². The van der Waals surface area contributed by atoms with Gasteiger partial charge in [0.1, 0.15) is 11.4 Å². The Hall–Kier alpha value is -1.05. The van der Waals surface area contributed by atoms with Crippen LogP contribution in [0.4, 0.5) is 0 Å². The zero-order valence-electron chi connectivity index (χ0n) is 10.5. The molecule has 0 aromatic rings. The third kappa shape index (κ3) is 4.01. The van der Waals surface area contributed by atoms with E-state index in [9.17, 15) is 13.0 Å². The van der Waals surface area contributed by atoms with E-state index in [0.29, 0.717) is 19.4 Å². The molecule has 0 aromatic heterocycles. The summed E-state index contributed by atoms with van der Waals surface area (Å²) >= 11 is 0. The van der Waals surface area contributed by atoms with Gasteiger partial charge < -0.3 is 4.74 Å². The summed E-state index contributed by atoms with van der Waals surface area (Å²) in [5, 5.41) is -1.03. The predicted octanol–water partition coefficient (Wildman–Crippen LogP) is 1.44. The van der Waals surface area contributed by atoms with Gasteiger partial charge in [-0.15, -0.1) is 0 Å². The van der Waals surface area contributed by atoms with E-state index in [1.165, 1.54) is 0 Å². The highest BCUT2D eigenvalue weighted by atomic mass is 32.2. The van der Waals surface area contributed by atoms with Gasteiger partial charge in [0.25, 0.3) is 10.1 Å². The van der Waals surface area contributed by atoms with Gasteiger partial charge in [-0.05, 0) is 33.4 Å². The van der Waals surface area contributed by atoms with Crippen LogP contribution in [-0.2, 0) is 14.9 Å². The highest BCUT2D eigenvalue weighted by Crippen LogP contribution is 2.22. The van der Waals surface area contributed by atoms with E-state index in [1.807, 2.05) is 13.8 Å². The van der Waals surface area contributed by atoms with Crippen LogP contribution in [0.5, 0.6) is 0 Å². The molecule has 0 unspecified atom stereocenters. The molecule has 2 atom stereocenters. The molecule has 102 valence electrons. The molecule has 0 radical (unpaired) electrons. The van der Waals surface area contributed by atoms with Gasteiger partial charge in [-0.25, -0.2) is 9.98 Å². The first kappa shape index (κ1) is 15.0. The molecule has 7 heteroatoms. The summed E-state index contributed by atoms with van der Waals surface area (Å²) in [4.78, 5) is 7.76. The minimum atomic E-state index is -4.18. The van der Waals surface area contributed by atoms with E-state index >= 15 is 0 Å². The molecule has 18 heavy (non-hydrogen) atoms. The second kappa shape index (κ2) is 6.21. The Morgan fingerprint density at radius 3 is 2.67 bits per heavy atom. The summed E-state index contributed by atoms with van der Waals surface area (Å²) in [7, 11) is -4.18. The van der Waals surface area contributed by atoms with E-state index in [0.717, 1.165) is 5.57 Å². The molecule has 0 bridgehead atoms. The SMILES string of the molecule is C=N/C(=N\C=C(C)C)[C@@H]1OCCC[C@H]1S(=O)(=O)O. The third-order valence-corrected chi connectivity index (χ3v) is 3.77. The lowest BCUT2D eigenvalue weighted by atomic mass is 10.1. The summed E-state index contributed by atoms with van der Waals surface area (Å²) in [6.45, 7) is 7.49. The standard InChI is InChI=1S/C11H18N2O4S/c1-8(2)7-13-11(12-3)10-9(18(14,15)16)5-4-6-17-10/h7,9-10H,3-6H2,1-2H3,(H,14,15,16)/b13-11-/t9-,10-/m1/s1. The summed E-state index contributed by atoms with van der Waals surface area (Å²) in [6.07, 6.45) is 1.60. The Labute approximate surface area is 107 Å².